The summed E-state index contributed by atoms with van der Waals surface area (Å²) in [5.74, 6) is -1.65. The largest absolute Gasteiger partial charge is 0.311 e. The minimum Gasteiger partial charge on any atom is -0.311 e. The summed E-state index contributed by atoms with van der Waals surface area (Å²) in [5.41, 5.74) is 1.72. The van der Waals surface area contributed by atoms with Crippen LogP contribution in [0, 0.1) is 11.6 Å². The van der Waals surface area contributed by atoms with E-state index in [9.17, 15) is 8.78 Å². The van der Waals surface area contributed by atoms with Crippen molar-refractivity contribution in [2.75, 3.05) is 6.54 Å². The molecule has 0 saturated heterocycles. The van der Waals surface area contributed by atoms with Crippen molar-refractivity contribution in [3.8, 4) is 0 Å². The van der Waals surface area contributed by atoms with E-state index in [1.165, 1.54) is 6.07 Å². The topological polar surface area (TPSA) is 29.9 Å². The average molecular weight is 265 g/mol. The third-order valence-corrected chi connectivity index (χ3v) is 2.85. The van der Waals surface area contributed by atoms with Crippen molar-refractivity contribution in [1.29, 1.82) is 0 Å². The zero-order valence-corrected chi connectivity index (χ0v) is 10.9. The Bertz CT molecular complexity index is 537. The van der Waals surface area contributed by atoms with Crippen molar-refractivity contribution in [2.45, 2.75) is 26.4 Å². The molecule has 0 fully saturated rings. The Kier molecular flexibility index (Phi) is 4.63. The molecule has 5 heteroatoms. The van der Waals surface area contributed by atoms with Crippen molar-refractivity contribution >= 4 is 0 Å². The van der Waals surface area contributed by atoms with Crippen molar-refractivity contribution in [3.05, 3.63) is 53.4 Å². The molecule has 0 aliphatic heterocycles. The highest BCUT2D eigenvalue weighted by Gasteiger charge is 2.06. The molecular formula is C14H17F2N3. The lowest BCUT2D eigenvalue weighted by molar-refractivity contribution is 0.505. The maximum atomic E-state index is 13.1. The Balaban J connectivity index is 2.06. The highest BCUT2D eigenvalue weighted by atomic mass is 19.2. The fourth-order valence-corrected chi connectivity index (χ4v) is 1.86. The molecule has 3 nitrogen and oxygen atoms in total. The molecule has 0 radical (unpaired) electrons. The summed E-state index contributed by atoms with van der Waals surface area (Å²) < 4.78 is 27.8. The highest BCUT2D eigenvalue weighted by Crippen LogP contribution is 2.11. The van der Waals surface area contributed by atoms with Gasteiger partial charge in [-0.25, -0.2) is 8.78 Å². The highest BCUT2D eigenvalue weighted by molar-refractivity contribution is 5.18. The number of hydrogen-bond donors (Lipinski definition) is 1. The van der Waals surface area contributed by atoms with E-state index in [1.807, 2.05) is 6.07 Å². The molecule has 1 heterocycles. The molecule has 1 N–H and O–H groups in total. The first-order chi connectivity index (χ1) is 9.20. The van der Waals surface area contributed by atoms with Crippen LogP contribution in [-0.4, -0.2) is 16.3 Å². The summed E-state index contributed by atoms with van der Waals surface area (Å²) in [6.45, 7) is 4.20. The van der Waals surface area contributed by atoms with E-state index < -0.39 is 11.6 Å². The van der Waals surface area contributed by atoms with Gasteiger partial charge in [-0.1, -0.05) is 13.0 Å². The number of hydrogen-bond acceptors (Lipinski definition) is 2. The third kappa shape index (κ3) is 3.61. The summed E-state index contributed by atoms with van der Waals surface area (Å²) in [5, 5.41) is 7.49. The van der Waals surface area contributed by atoms with Crippen LogP contribution in [0.1, 0.15) is 24.6 Å². The Labute approximate surface area is 111 Å². The maximum absolute atomic E-state index is 13.1. The van der Waals surface area contributed by atoms with Crippen LogP contribution in [-0.2, 0) is 13.1 Å². The number of nitrogens with zero attached hydrogens (tertiary/aromatic N) is 2. The van der Waals surface area contributed by atoms with Gasteiger partial charge in [-0.05, 0) is 36.7 Å². The van der Waals surface area contributed by atoms with Gasteiger partial charge in [-0.15, -0.1) is 0 Å². The van der Waals surface area contributed by atoms with Crippen LogP contribution < -0.4 is 5.32 Å². The molecule has 0 amide bonds. The van der Waals surface area contributed by atoms with E-state index in [1.54, 1.807) is 16.9 Å². The van der Waals surface area contributed by atoms with Gasteiger partial charge >= 0.3 is 0 Å². The smallest absolute Gasteiger partial charge is 0.159 e. The lowest BCUT2D eigenvalue weighted by atomic mass is 10.2. The molecule has 2 aromatic rings. The van der Waals surface area contributed by atoms with Crippen LogP contribution in [0.25, 0.3) is 0 Å². The first kappa shape index (κ1) is 13.7. The van der Waals surface area contributed by atoms with Crippen LogP contribution in [0.15, 0.2) is 30.5 Å². The number of halogens is 2. The Hall–Kier alpha value is -1.75. The molecule has 2 rings (SSSR count). The van der Waals surface area contributed by atoms with Crippen LogP contribution >= 0.6 is 0 Å². The van der Waals surface area contributed by atoms with E-state index in [2.05, 4.69) is 17.3 Å². The fraction of sp³-hybridized carbons (Fsp3) is 0.357. The molecular weight excluding hydrogens is 248 g/mol. The fourth-order valence-electron chi connectivity index (χ4n) is 1.86. The first-order valence-corrected chi connectivity index (χ1v) is 6.36. The number of nitrogens with one attached hydrogen (secondary N) is 1. The van der Waals surface area contributed by atoms with E-state index >= 15 is 0 Å². The lowest BCUT2D eigenvalue weighted by Gasteiger charge is -2.08. The van der Waals surface area contributed by atoms with Gasteiger partial charge < -0.3 is 5.32 Å². The summed E-state index contributed by atoms with van der Waals surface area (Å²) in [6.07, 6.45) is 2.78. The Morgan fingerprint density at radius 2 is 2.05 bits per heavy atom. The normalized spacial score (nSPS) is 10.9. The van der Waals surface area contributed by atoms with E-state index in [0.29, 0.717) is 12.1 Å². The Morgan fingerprint density at radius 3 is 2.79 bits per heavy atom. The minimum absolute atomic E-state index is 0.438. The summed E-state index contributed by atoms with van der Waals surface area (Å²) in [4.78, 5) is 0. The van der Waals surface area contributed by atoms with Crippen LogP contribution in [0.5, 0.6) is 0 Å². The lowest BCUT2D eigenvalue weighted by Crippen LogP contribution is -2.17. The van der Waals surface area contributed by atoms with E-state index in [4.69, 9.17) is 0 Å². The zero-order chi connectivity index (χ0) is 13.7. The van der Waals surface area contributed by atoms with E-state index in [0.717, 1.165) is 31.3 Å². The average Bonchev–Trinajstić information content (AvgIpc) is 2.82. The standard InChI is InChI=1S/C14H17F2N3/c1-2-6-17-9-12-5-7-18-19(12)10-11-3-4-13(15)14(16)8-11/h3-5,7-8,17H,2,6,9-10H2,1H3. The second-order valence-electron chi connectivity index (χ2n) is 4.41. The van der Waals surface area contributed by atoms with Gasteiger partial charge in [0.05, 0.1) is 12.2 Å². The number of aromatic nitrogens is 2. The summed E-state index contributed by atoms with van der Waals surface area (Å²) >= 11 is 0. The van der Waals surface area contributed by atoms with Gasteiger partial charge in [0.2, 0.25) is 0 Å². The Morgan fingerprint density at radius 1 is 1.21 bits per heavy atom. The van der Waals surface area contributed by atoms with Crippen LogP contribution in [0.2, 0.25) is 0 Å². The molecule has 0 aliphatic rings. The van der Waals surface area contributed by atoms with Crippen LogP contribution in [0.4, 0.5) is 8.78 Å². The van der Waals surface area contributed by atoms with Gasteiger partial charge in [0.15, 0.2) is 11.6 Å². The van der Waals surface area contributed by atoms with Gasteiger partial charge in [0.25, 0.3) is 0 Å². The van der Waals surface area contributed by atoms with Crippen LogP contribution in [0.3, 0.4) is 0 Å². The van der Waals surface area contributed by atoms with Crippen molar-refractivity contribution in [1.82, 2.24) is 15.1 Å². The van der Waals surface area contributed by atoms with Gasteiger partial charge in [0.1, 0.15) is 0 Å². The quantitative estimate of drug-likeness (QED) is 0.814. The number of rotatable bonds is 6. The monoisotopic (exact) mass is 265 g/mol. The van der Waals surface area contributed by atoms with Crippen molar-refractivity contribution in [3.63, 3.8) is 0 Å². The predicted octanol–water partition coefficient (Wildman–Crippen LogP) is 2.71. The zero-order valence-electron chi connectivity index (χ0n) is 10.9. The summed E-state index contributed by atoms with van der Waals surface area (Å²) in [6, 6.07) is 5.84. The third-order valence-electron chi connectivity index (χ3n) is 2.85. The molecule has 102 valence electrons. The summed E-state index contributed by atoms with van der Waals surface area (Å²) in [7, 11) is 0. The van der Waals surface area contributed by atoms with Gasteiger partial charge in [-0.3, -0.25) is 4.68 Å². The van der Waals surface area contributed by atoms with Crippen molar-refractivity contribution in [2.24, 2.45) is 0 Å². The SMILES string of the molecule is CCCNCc1ccnn1Cc1ccc(F)c(F)c1. The second kappa shape index (κ2) is 6.43. The predicted molar refractivity (Wildman–Crippen MR) is 69.7 cm³/mol. The van der Waals surface area contributed by atoms with Gasteiger partial charge in [-0.2, -0.15) is 5.10 Å². The molecule has 19 heavy (non-hydrogen) atoms. The van der Waals surface area contributed by atoms with Crippen molar-refractivity contribution < 1.29 is 8.78 Å². The molecule has 1 aromatic heterocycles. The molecule has 0 spiro atoms. The second-order valence-corrected chi connectivity index (χ2v) is 4.41. The van der Waals surface area contributed by atoms with Gasteiger partial charge in [0, 0.05) is 12.7 Å². The molecule has 0 atom stereocenters. The van der Waals surface area contributed by atoms with E-state index in [-0.39, 0.29) is 0 Å². The minimum atomic E-state index is -0.825. The molecule has 1 aromatic carbocycles. The molecule has 0 saturated carbocycles. The molecule has 0 aliphatic carbocycles. The number of benzene rings is 1. The first-order valence-electron chi connectivity index (χ1n) is 6.36. The molecule has 0 unspecified atom stereocenters. The maximum Gasteiger partial charge on any atom is 0.159 e. The molecule has 0 bridgehead atoms.